The quantitative estimate of drug-likeness (QED) is 0.634. The maximum atomic E-state index is 12.9. The Balaban J connectivity index is 1.65. The Bertz CT molecular complexity index is 703. The lowest BCUT2D eigenvalue weighted by Crippen LogP contribution is -2.57. The first-order valence-corrected chi connectivity index (χ1v) is 9.76. The van der Waals surface area contributed by atoms with Crippen LogP contribution in [-0.4, -0.2) is 41.9 Å². The van der Waals surface area contributed by atoms with Crippen LogP contribution in [0, 0.1) is 0 Å². The number of benzene rings is 2. The van der Waals surface area contributed by atoms with Gasteiger partial charge >= 0.3 is 0 Å². The summed E-state index contributed by atoms with van der Waals surface area (Å²) in [5.41, 5.74) is 7.99. The molecule has 2 aromatic rings. The number of amides is 2. The summed E-state index contributed by atoms with van der Waals surface area (Å²) in [7, 11) is 0. The average Bonchev–Trinajstić information content (AvgIpc) is 2.74. The monoisotopic (exact) mass is 380 g/mol. The molecule has 2 amide bonds. The number of nitrogens with two attached hydrogens (primary N) is 1. The normalized spacial score (nSPS) is 15.4. The van der Waals surface area contributed by atoms with Crippen LogP contribution in [0.3, 0.4) is 0 Å². The third-order valence-electron chi connectivity index (χ3n) is 5.06. The third kappa shape index (κ3) is 5.65. The summed E-state index contributed by atoms with van der Waals surface area (Å²) in [5.74, 6) is -0.547. The number of likely N-dealkylation sites (tertiary alicyclic amines) is 1. The molecule has 6 nitrogen and oxygen atoms in total. The van der Waals surface area contributed by atoms with Gasteiger partial charge in [-0.05, 0) is 24.0 Å². The predicted molar refractivity (Wildman–Crippen MR) is 109 cm³/mol. The Morgan fingerprint density at radius 2 is 1.29 bits per heavy atom. The van der Waals surface area contributed by atoms with E-state index in [0.717, 1.165) is 24.0 Å². The molecule has 4 N–H and O–H groups in total. The first kappa shape index (κ1) is 20.0. The second-order valence-corrected chi connectivity index (χ2v) is 7.18. The Labute approximate surface area is 166 Å². The van der Waals surface area contributed by atoms with Gasteiger partial charge in [0.1, 0.15) is 0 Å². The maximum absolute atomic E-state index is 12.9. The van der Waals surface area contributed by atoms with E-state index >= 15 is 0 Å². The fraction of sp³-hybridized carbons (Fsp3) is 0.364. The van der Waals surface area contributed by atoms with E-state index in [9.17, 15) is 9.59 Å². The Kier molecular flexibility index (Phi) is 7.17. The maximum Gasteiger partial charge on any atom is 0.247 e. The number of nitrogens with one attached hydrogen (secondary N) is 2. The summed E-state index contributed by atoms with van der Waals surface area (Å²) in [6.07, 6.45) is 1.57. The molecule has 0 bridgehead atoms. The number of nitrogens with zero attached hydrogens (tertiary/aromatic N) is 1. The van der Waals surface area contributed by atoms with Gasteiger partial charge in [0.25, 0.3) is 0 Å². The van der Waals surface area contributed by atoms with E-state index in [4.69, 9.17) is 5.73 Å². The summed E-state index contributed by atoms with van der Waals surface area (Å²) >= 11 is 0. The van der Waals surface area contributed by atoms with Crippen molar-refractivity contribution in [1.82, 2.24) is 15.5 Å². The molecule has 0 spiro atoms. The molecule has 0 radical (unpaired) electrons. The molecule has 28 heavy (non-hydrogen) atoms. The molecule has 0 aliphatic carbocycles. The van der Waals surface area contributed by atoms with Crippen molar-refractivity contribution in [3.05, 3.63) is 71.8 Å². The molecule has 0 unspecified atom stereocenters. The zero-order valence-corrected chi connectivity index (χ0v) is 16.0. The van der Waals surface area contributed by atoms with Crippen LogP contribution in [0.2, 0.25) is 0 Å². The minimum atomic E-state index is -0.847. The Morgan fingerprint density at radius 3 is 1.71 bits per heavy atom. The van der Waals surface area contributed by atoms with E-state index in [-0.39, 0.29) is 17.9 Å². The minimum absolute atomic E-state index is 0.136. The summed E-state index contributed by atoms with van der Waals surface area (Å²) in [4.78, 5) is 27.7. The molecule has 148 valence electrons. The first-order chi connectivity index (χ1) is 13.6. The largest absolute Gasteiger partial charge is 0.350 e. The number of hydrogen-bond acceptors (Lipinski definition) is 4. The van der Waals surface area contributed by atoms with Crippen molar-refractivity contribution in [2.45, 2.75) is 38.0 Å². The highest BCUT2D eigenvalue weighted by Crippen LogP contribution is 2.13. The fourth-order valence-corrected chi connectivity index (χ4v) is 3.39. The van der Waals surface area contributed by atoms with E-state index in [1.54, 1.807) is 0 Å². The van der Waals surface area contributed by atoms with E-state index in [1.807, 2.05) is 65.6 Å². The van der Waals surface area contributed by atoms with Gasteiger partial charge in [-0.1, -0.05) is 60.7 Å². The SMILES string of the molecule is NC1CCN(C(C(=O)NCc2ccccc2)C(=O)NCc2ccccc2)CC1. The van der Waals surface area contributed by atoms with E-state index in [0.29, 0.717) is 26.2 Å². The van der Waals surface area contributed by atoms with E-state index in [1.165, 1.54) is 0 Å². The van der Waals surface area contributed by atoms with Crippen LogP contribution >= 0.6 is 0 Å². The Morgan fingerprint density at radius 1 is 0.857 bits per heavy atom. The summed E-state index contributed by atoms with van der Waals surface area (Å²) < 4.78 is 0. The molecular weight excluding hydrogens is 352 g/mol. The second kappa shape index (κ2) is 10.0. The van der Waals surface area contributed by atoms with Crippen molar-refractivity contribution in [3.63, 3.8) is 0 Å². The van der Waals surface area contributed by atoms with Crippen LogP contribution in [0.25, 0.3) is 0 Å². The van der Waals surface area contributed by atoms with Gasteiger partial charge in [-0.15, -0.1) is 0 Å². The lowest BCUT2D eigenvalue weighted by atomic mass is 10.0. The van der Waals surface area contributed by atoms with Gasteiger partial charge < -0.3 is 16.4 Å². The number of piperidine rings is 1. The van der Waals surface area contributed by atoms with Crippen molar-refractivity contribution in [1.29, 1.82) is 0 Å². The van der Waals surface area contributed by atoms with Gasteiger partial charge in [-0.2, -0.15) is 0 Å². The van der Waals surface area contributed by atoms with Crippen molar-refractivity contribution in [2.24, 2.45) is 5.73 Å². The summed E-state index contributed by atoms with van der Waals surface area (Å²) in [6, 6.07) is 18.7. The summed E-state index contributed by atoms with van der Waals surface area (Å²) in [5, 5.41) is 5.83. The van der Waals surface area contributed by atoms with Crippen molar-refractivity contribution in [3.8, 4) is 0 Å². The van der Waals surface area contributed by atoms with Gasteiger partial charge in [-0.3, -0.25) is 14.5 Å². The average molecular weight is 380 g/mol. The standard InChI is InChI=1S/C22H28N4O2/c23-19-11-13-26(14-12-19)20(21(27)24-15-17-7-3-1-4-8-17)22(28)25-16-18-9-5-2-6-10-18/h1-10,19-20H,11-16,23H2,(H,24,27)(H,25,28). The molecule has 1 aliphatic heterocycles. The minimum Gasteiger partial charge on any atom is -0.350 e. The molecule has 6 heteroatoms. The molecule has 0 aromatic heterocycles. The van der Waals surface area contributed by atoms with Crippen LogP contribution in [-0.2, 0) is 22.7 Å². The highest BCUT2D eigenvalue weighted by molar-refractivity contribution is 6.04. The lowest BCUT2D eigenvalue weighted by molar-refractivity contribution is -0.138. The second-order valence-electron chi connectivity index (χ2n) is 7.18. The van der Waals surface area contributed by atoms with Crippen molar-refractivity contribution < 1.29 is 9.59 Å². The van der Waals surface area contributed by atoms with Crippen LogP contribution in [0.4, 0.5) is 0 Å². The molecule has 1 heterocycles. The van der Waals surface area contributed by atoms with Crippen molar-refractivity contribution >= 4 is 11.8 Å². The predicted octanol–water partition coefficient (Wildman–Crippen LogP) is 1.41. The zero-order chi connectivity index (χ0) is 19.8. The molecule has 3 rings (SSSR count). The van der Waals surface area contributed by atoms with E-state index in [2.05, 4.69) is 10.6 Å². The van der Waals surface area contributed by atoms with Crippen LogP contribution in [0.5, 0.6) is 0 Å². The third-order valence-corrected chi connectivity index (χ3v) is 5.06. The van der Waals surface area contributed by atoms with Crippen LogP contribution in [0.15, 0.2) is 60.7 Å². The topological polar surface area (TPSA) is 87.5 Å². The lowest BCUT2D eigenvalue weighted by Gasteiger charge is -2.34. The fourth-order valence-electron chi connectivity index (χ4n) is 3.39. The number of carbonyl (C=O) groups excluding carboxylic acids is 2. The molecule has 0 atom stereocenters. The molecule has 1 saturated heterocycles. The Hall–Kier alpha value is -2.70. The number of rotatable bonds is 7. The molecule has 1 fully saturated rings. The molecule has 1 aliphatic rings. The smallest absolute Gasteiger partial charge is 0.247 e. The van der Waals surface area contributed by atoms with Gasteiger partial charge in [0.2, 0.25) is 11.8 Å². The van der Waals surface area contributed by atoms with Gasteiger partial charge in [0.15, 0.2) is 6.04 Å². The first-order valence-electron chi connectivity index (χ1n) is 9.76. The highest BCUT2D eigenvalue weighted by Gasteiger charge is 2.34. The van der Waals surface area contributed by atoms with Gasteiger partial charge in [-0.25, -0.2) is 0 Å². The van der Waals surface area contributed by atoms with Gasteiger partial charge in [0, 0.05) is 32.2 Å². The van der Waals surface area contributed by atoms with Gasteiger partial charge in [0.05, 0.1) is 0 Å². The highest BCUT2D eigenvalue weighted by atomic mass is 16.2. The number of carbonyl (C=O) groups is 2. The molecule has 2 aromatic carbocycles. The number of hydrogen-bond donors (Lipinski definition) is 3. The summed E-state index contributed by atoms with van der Waals surface area (Å²) in [6.45, 7) is 2.08. The zero-order valence-electron chi connectivity index (χ0n) is 16.0. The molecular formula is C22H28N4O2. The molecule has 0 saturated carbocycles. The van der Waals surface area contributed by atoms with E-state index < -0.39 is 6.04 Å². The van der Waals surface area contributed by atoms with Crippen LogP contribution in [0.1, 0.15) is 24.0 Å². The van der Waals surface area contributed by atoms with Crippen molar-refractivity contribution in [2.75, 3.05) is 13.1 Å². The van der Waals surface area contributed by atoms with Crippen LogP contribution < -0.4 is 16.4 Å².